The lowest BCUT2D eigenvalue weighted by molar-refractivity contribution is 0.471. The highest BCUT2D eigenvalue weighted by Gasteiger charge is 2.07. The average Bonchev–Trinajstić information content (AvgIpc) is 2.71. The first-order chi connectivity index (χ1) is 7.70. The molecule has 2 aromatic rings. The first-order valence-electron chi connectivity index (χ1n) is 4.97. The van der Waals surface area contributed by atoms with Gasteiger partial charge in [0.2, 0.25) is 0 Å². The maximum absolute atomic E-state index is 9.62. The normalized spacial score (nSPS) is 10.6. The molecule has 0 saturated heterocycles. The largest absolute Gasteiger partial charge is 0.508 e. The molecule has 0 aliphatic carbocycles. The van der Waals surface area contributed by atoms with Gasteiger partial charge in [0.05, 0.1) is 0 Å². The molecule has 0 radical (unpaired) electrons. The molecule has 84 valence electrons. The zero-order valence-electron chi connectivity index (χ0n) is 9.19. The third-order valence-corrected chi connectivity index (χ3v) is 3.22. The molecule has 5 heteroatoms. The summed E-state index contributed by atoms with van der Waals surface area (Å²) in [6, 6.07) is 5.54. The number of hydrogen-bond donors (Lipinski definition) is 2. The minimum Gasteiger partial charge on any atom is -0.508 e. The van der Waals surface area contributed by atoms with E-state index in [1.54, 1.807) is 6.07 Å². The van der Waals surface area contributed by atoms with E-state index in [-0.39, 0.29) is 0 Å². The van der Waals surface area contributed by atoms with Gasteiger partial charge in [-0.1, -0.05) is 23.5 Å². The van der Waals surface area contributed by atoms with Crippen LogP contribution in [0.4, 0.5) is 0 Å². The van der Waals surface area contributed by atoms with E-state index in [0.29, 0.717) is 5.75 Å². The van der Waals surface area contributed by atoms with Crippen LogP contribution in [0.1, 0.15) is 10.6 Å². The fraction of sp³-hybridized carbons (Fsp3) is 0.273. The van der Waals surface area contributed by atoms with Crippen molar-refractivity contribution in [2.45, 2.75) is 13.5 Å². The zero-order valence-corrected chi connectivity index (χ0v) is 10.0. The molecule has 0 amide bonds. The highest BCUT2D eigenvalue weighted by molar-refractivity contribution is 7.14. The van der Waals surface area contributed by atoms with Gasteiger partial charge in [0.25, 0.3) is 0 Å². The Labute approximate surface area is 98.0 Å². The SMILES string of the molecule is CNCc1nnc(-c2ccc(C)c(O)c2)s1. The van der Waals surface area contributed by atoms with Crippen LogP contribution in [0.2, 0.25) is 0 Å². The molecule has 0 aliphatic rings. The second-order valence-corrected chi connectivity index (χ2v) is 4.59. The summed E-state index contributed by atoms with van der Waals surface area (Å²) in [5, 5.41) is 22.6. The monoisotopic (exact) mass is 235 g/mol. The molecule has 0 aliphatic heterocycles. The van der Waals surface area contributed by atoms with Crippen LogP contribution >= 0.6 is 11.3 Å². The lowest BCUT2D eigenvalue weighted by Gasteiger charge is -2.00. The molecule has 0 saturated carbocycles. The fourth-order valence-corrected chi connectivity index (χ4v) is 2.18. The third-order valence-electron chi connectivity index (χ3n) is 2.25. The van der Waals surface area contributed by atoms with Crippen LogP contribution in [0.5, 0.6) is 5.75 Å². The Morgan fingerprint density at radius 2 is 2.19 bits per heavy atom. The van der Waals surface area contributed by atoms with Crippen LogP contribution in [-0.2, 0) is 6.54 Å². The predicted octanol–water partition coefficient (Wildman–Crippen LogP) is 1.94. The molecule has 1 aromatic heterocycles. The summed E-state index contributed by atoms with van der Waals surface area (Å²) in [4.78, 5) is 0. The van der Waals surface area contributed by atoms with Crippen LogP contribution < -0.4 is 5.32 Å². The van der Waals surface area contributed by atoms with Crippen molar-refractivity contribution in [1.29, 1.82) is 0 Å². The van der Waals surface area contributed by atoms with Crippen molar-refractivity contribution in [2.24, 2.45) is 0 Å². The lowest BCUT2D eigenvalue weighted by Crippen LogP contribution is -2.04. The third kappa shape index (κ3) is 2.20. The van der Waals surface area contributed by atoms with Gasteiger partial charge >= 0.3 is 0 Å². The van der Waals surface area contributed by atoms with Gasteiger partial charge in [0, 0.05) is 12.1 Å². The molecule has 16 heavy (non-hydrogen) atoms. The quantitative estimate of drug-likeness (QED) is 0.853. The molecule has 2 rings (SSSR count). The van der Waals surface area contributed by atoms with Crippen LogP contribution in [0.25, 0.3) is 10.6 Å². The van der Waals surface area contributed by atoms with E-state index in [4.69, 9.17) is 0 Å². The second kappa shape index (κ2) is 4.59. The first-order valence-corrected chi connectivity index (χ1v) is 5.79. The van der Waals surface area contributed by atoms with Gasteiger partial charge in [-0.15, -0.1) is 10.2 Å². The predicted molar refractivity (Wildman–Crippen MR) is 64.5 cm³/mol. The molecule has 1 heterocycles. The Morgan fingerprint density at radius 1 is 1.38 bits per heavy atom. The van der Waals surface area contributed by atoms with E-state index >= 15 is 0 Å². The fourth-order valence-electron chi connectivity index (χ4n) is 1.34. The number of aryl methyl sites for hydroxylation is 1. The van der Waals surface area contributed by atoms with Crippen molar-refractivity contribution in [3.8, 4) is 16.3 Å². The number of aromatic nitrogens is 2. The van der Waals surface area contributed by atoms with E-state index in [1.807, 2.05) is 26.1 Å². The van der Waals surface area contributed by atoms with Gasteiger partial charge in [-0.2, -0.15) is 0 Å². The van der Waals surface area contributed by atoms with Gasteiger partial charge in [0.1, 0.15) is 15.8 Å². The van der Waals surface area contributed by atoms with E-state index in [1.165, 1.54) is 11.3 Å². The topological polar surface area (TPSA) is 58.0 Å². The Balaban J connectivity index is 2.31. The Morgan fingerprint density at radius 3 is 2.88 bits per heavy atom. The molecule has 0 unspecified atom stereocenters. The summed E-state index contributed by atoms with van der Waals surface area (Å²) in [7, 11) is 1.87. The van der Waals surface area contributed by atoms with Crippen molar-refractivity contribution in [1.82, 2.24) is 15.5 Å². The van der Waals surface area contributed by atoms with Crippen LogP contribution in [-0.4, -0.2) is 22.4 Å². The van der Waals surface area contributed by atoms with E-state index in [9.17, 15) is 5.11 Å². The number of phenolic OH excluding ortho intramolecular Hbond substituents is 1. The van der Waals surface area contributed by atoms with Crippen LogP contribution in [0.3, 0.4) is 0 Å². The van der Waals surface area contributed by atoms with Crippen molar-refractivity contribution >= 4 is 11.3 Å². The number of benzene rings is 1. The number of aromatic hydroxyl groups is 1. The zero-order chi connectivity index (χ0) is 11.5. The van der Waals surface area contributed by atoms with Crippen molar-refractivity contribution in [2.75, 3.05) is 7.05 Å². The molecular weight excluding hydrogens is 222 g/mol. The second-order valence-electron chi connectivity index (χ2n) is 3.53. The standard InChI is InChI=1S/C11H13N3OS/c1-7-3-4-8(5-9(7)15)11-14-13-10(16-11)6-12-2/h3-5,12,15H,6H2,1-2H3. The van der Waals surface area contributed by atoms with Gasteiger partial charge in [0.15, 0.2) is 0 Å². The Bertz CT molecular complexity index is 496. The molecule has 0 spiro atoms. The van der Waals surface area contributed by atoms with Crippen molar-refractivity contribution < 1.29 is 5.11 Å². The molecular formula is C11H13N3OS. The molecule has 4 nitrogen and oxygen atoms in total. The van der Waals surface area contributed by atoms with Crippen molar-refractivity contribution in [3.63, 3.8) is 0 Å². The summed E-state index contributed by atoms with van der Waals surface area (Å²) >= 11 is 1.53. The molecule has 0 fully saturated rings. The summed E-state index contributed by atoms with van der Waals surface area (Å²) in [6.07, 6.45) is 0. The summed E-state index contributed by atoms with van der Waals surface area (Å²) in [5.74, 6) is 0.294. The number of phenols is 1. The number of nitrogens with zero attached hydrogens (tertiary/aromatic N) is 2. The minimum absolute atomic E-state index is 0.294. The molecule has 0 atom stereocenters. The highest BCUT2D eigenvalue weighted by Crippen LogP contribution is 2.28. The van der Waals surface area contributed by atoms with E-state index < -0.39 is 0 Å². The highest BCUT2D eigenvalue weighted by atomic mass is 32.1. The van der Waals surface area contributed by atoms with Gasteiger partial charge in [-0.25, -0.2) is 0 Å². The summed E-state index contributed by atoms with van der Waals surface area (Å²) in [5.41, 5.74) is 1.77. The van der Waals surface area contributed by atoms with Crippen LogP contribution in [0, 0.1) is 6.92 Å². The molecule has 2 N–H and O–H groups in total. The van der Waals surface area contributed by atoms with Crippen molar-refractivity contribution in [3.05, 3.63) is 28.8 Å². The summed E-state index contributed by atoms with van der Waals surface area (Å²) < 4.78 is 0. The average molecular weight is 235 g/mol. The maximum atomic E-state index is 9.62. The smallest absolute Gasteiger partial charge is 0.147 e. The van der Waals surface area contributed by atoms with Crippen LogP contribution in [0.15, 0.2) is 18.2 Å². The summed E-state index contributed by atoms with van der Waals surface area (Å²) in [6.45, 7) is 2.58. The van der Waals surface area contributed by atoms with E-state index in [2.05, 4.69) is 15.5 Å². The van der Waals surface area contributed by atoms with Gasteiger partial charge in [-0.05, 0) is 25.6 Å². The number of nitrogens with one attached hydrogen (secondary N) is 1. The van der Waals surface area contributed by atoms with Gasteiger partial charge < -0.3 is 10.4 Å². The maximum Gasteiger partial charge on any atom is 0.147 e. The molecule has 1 aromatic carbocycles. The molecule has 0 bridgehead atoms. The first kappa shape index (κ1) is 11.0. The number of rotatable bonds is 3. The Kier molecular flexibility index (Phi) is 3.17. The van der Waals surface area contributed by atoms with E-state index in [0.717, 1.165) is 27.7 Å². The van der Waals surface area contributed by atoms with Gasteiger partial charge in [-0.3, -0.25) is 0 Å². The Hall–Kier alpha value is -1.46. The number of hydrogen-bond acceptors (Lipinski definition) is 5. The lowest BCUT2D eigenvalue weighted by atomic mass is 10.1. The minimum atomic E-state index is 0.294.